The summed E-state index contributed by atoms with van der Waals surface area (Å²) in [4.78, 5) is 12.1. The second kappa shape index (κ2) is 6.35. The van der Waals surface area contributed by atoms with Crippen molar-refractivity contribution in [3.63, 3.8) is 0 Å². The van der Waals surface area contributed by atoms with Gasteiger partial charge in [-0.05, 0) is 40.9 Å². The van der Waals surface area contributed by atoms with Crippen molar-refractivity contribution >= 4 is 33.2 Å². The predicted octanol–water partition coefficient (Wildman–Crippen LogP) is 4.70. The smallest absolute Gasteiger partial charge is 0.252 e. The molecule has 0 saturated heterocycles. The maximum Gasteiger partial charge on any atom is 0.252 e. The number of halogens is 1. The second-order valence-electron chi connectivity index (χ2n) is 4.48. The molecule has 0 saturated carbocycles. The van der Waals surface area contributed by atoms with Gasteiger partial charge in [-0.2, -0.15) is 0 Å². The van der Waals surface area contributed by atoms with Crippen LogP contribution in [-0.4, -0.2) is 5.91 Å². The molecule has 1 amide bonds. The second-order valence-corrected chi connectivity index (χ2v) is 6.77. The summed E-state index contributed by atoms with van der Waals surface area (Å²) in [5.74, 6) is -0.0191. The van der Waals surface area contributed by atoms with E-state index in [1.165, 1.54) is 16.9 Å². The highest BCUT2D eigenvalue weighted by molar-refractivity contribution is 9.11. The van der Waals surface area contributed by atoms with Gasteiger partial charge in [-0.25, -0.2) is 0 Å². The highest BCUT2D eigenvalue weighted by atomic mass is 79.9. The van der Waals surface area contributed by atoms with Crippen LogP contribution in [0.15, 0.2) is 39.5 Å². The molecule has 2 aromatic rings. The number of hydrogen-bond donors (Lipinski definition) is 1. The molecule has 2 rings (SSSR count). The Balaban J connectivity index is 2.11. The van der Waals surface area contributed by atoms with Gasteiger partial charge in [0.05, 0.1) is 15.4 Å². The molecule has 1 heterocycles. The zero-order valence-corrected chi connectivity index (χ0v) is 13.3. The molecule has 0 fully saturated rings. The molecule has 1 aromatic carbocycles. The zero-order valence-electron chi connectivity index (χ0n) is 10.9. The highest BCUT2D eigenvalue weighted by Gasteiger charge is 2.14. The molecule has 0 aliphatic rings. The fourth-order valence-electron chi connectivity index (χ4n) is 1.89. The van der Waals surface area contributed by atoms with Crippen molar-refractivity contribution in [3.05, 3.63) is 56.2 Å². The first-order valence-corrected chi connectivity index (χ1v) is 7.89. The van der Waals surface area contributed by atoms with Gasteiger partial charge >= 0.3 is 0 Å². The third kappa shape index (κ3) is 3.67. The van der Waals surface area contributed by atoms with Gasteiger partial charge in [0.1, 0.15) is 0 Å². The maximum absolute atomic E-state index is 12.1. The van der Waals surface area contributed by atoms with Crippen molar-refractivity contribution in [2.24, 2.45) is 0 Å². The summed E-state index contributed by atoms with van der Waals surface area (Å²) >= 11 is 4.90. The van der Waals surface area contributed by atoms with E-state index in [-0.39, 0.29) is 11.9 Å². The Morgan fingerprint density at radius 1 is 1.37 bits per heavy atom. The third-order valence-electron chi connectivity index (χ3n) is 3.02. The van der Waals surface area contributed by atoms with E-state index in [1.54, 1.807) is 0 Å². The van der Waals surface area contributed by atoms with Crippen molar-refractivity contribution in [3.8, 4) is 0 Å². The van der Waals surface area contributed by atoms with Gasteiger partial charge in [-0.3, -0.25) is 4.79 Å². The topological polar surface area (TPSA) is 29.1 Å². The lowest BCUT2D eigenvalue weighted by molar-refractivity contribution is 0.0936. The number of benzene rings is 1. The number of rotatable bonds is 4. The van der Waals surface area contributed by atoms with Gasteiger partial charge < -0.3 is 5.32 Å². The van der Waals surface area contributed by atoms with Crippen LogP contribution in [0.4, 0.5) is 0 Å². The Kier molecular flexibility index (Phi) is 4.77. The monoisotopic (exact) mass is 337 g/mol. The van der Waals surface area contributed by atoms with E-state index in [9.17, 15) is 4.79 Å². The van der Waals surface area contributed by atoms with Gasteiger partial charge in [-0.1, -0.05) is 36.8 Å². The van der Waals surface area contributed by atoms with E-state index in [1.807, 2.05) is 11.4 Å². The fraction of sp³-hybridized carbons (Fsp3) is 0.267. The largest absolute Gasteiger partial charge is 0.345 e. The summed E-state index contributed by atoms with van der Waals surface area (Å²) in [6.45, 7) is 4.14. The van der Waals surface area contributed by atoms with Crippen LogP contribution in [0.1, 0.15) is 40.9 Å². The van der Waals surface area contributed by atoms with Crippen LogP contribution in [0.25, 0.3) is 0 Å². The molecule has 2 nitrogen and oxygen atoms in total. The van der Waals surface area contributed by atoms with Crippen molar-refractivity contribution < 1.29 is 4.79 Å². The van der Waals surface area contributed by atoms with Crippen molar-refractivity contribution in [1.82, 2.24) is 5.32 Å². The number of carbonyl (C=O) groups is 1. The predicted molar refractivity (Wildman–Crippen MR) is 83.7 cm³/mol. The Labute approximate surface area is 126 Å². The van der Waals surface area contributed by atoms with Crippen LogP contribution >= 0.6 is 27.3 Å². The summed E-state index contributed by atoms with van der Waals surface area (Å²) in [6.07, 6.45) is 0.875. The van der Waals surface area contributed by atoms with Crippen molar-refractivity contribution in [2.45, 2.75) is 26.3 Å². The van der Waals surface area contributed by atoms with E-state index in [0.29, 0.717) is 5.56 Å². The maximum atomic E-state index is 12.1. The van der Waals surface area contributed by atoms with E-state index >= 15 is 0 Å². The number of carbonyl (C=O) groups excluding carboxylic acids is 1. The SMILES string of the molecule is CCC(NC(=O)c1csc(Br)c1)c1ccc(C)cc1. The van der Waals surface area contributed by atoms with Gasteiger partial charge in [-0.15, -0.1) is 11.3 Å². The molecule has 1 atom stereocenters. The lowest BCUT2D eigenvalue weighted by Crippen LogP contribution is -2.27. The number of nitrogens with one attached hydrogen (secondary N) is 1. The number of hydrogen-bond acceptors (Lipinski definition) is 2. The Morgan fingerprint density at radius 3 is 2.58 bits per heavy atom. The standard InChI is InChI=1S/C15H16BrNOS/c1-3-13(11-6-4-10(2)5-7-11)17-15(18)12-8-14(16)19-9-12/h4-9,13H,3H2,1-2H3,(H,17,18). The summed E-state index contributed by atoms with van der Waals surface area (Å²) in [7, 11) is 0. The van der Waals surface area contributed by atoms with Gasteiger partial charge in [0, 0.05) is 5.38 Å². The number of amides is 1. The lowest BCUT2D eigenvalue weighted by atomic mass is 10.0. The Hall–Kier alpha value is -1.13. The third-order valence-corrected chi connectivity index (χ3v) is 4.53. The first kappa shape index (κ1) is 14.3. The van der Waals surface area contributed by atoms with E-state index in [4.69, 9.17) is 0 Å². The van der Waals surface area contributed by atoms with Crippen LogP contribution in [0.3, 0.4) is 0 Å². The average molecular weight is 338 g/mol. The lowest BCUT2D eigenvalue weighted by Gasteiger charge is -2.17. The van der Waals surface area contributed by atoms with Gasteiger partial charge in [0.15, 0.2) is 0 Å². The molecular formula is C15H16BrNOS. The first-order valence-electron chi connectivity index (χ1n) is 6.21. The summed E-state index contributed by atoms with van der Waals surface area (Å²) in [5.41, 5.74) is 3.09. The van der Waals surface area contributed by atoms with Crippen LogP contribution in [0.5, 0.6) is 0 Å². The molecule has 100 valence electrons. The quantitative estimate of drug-likeness (QED) is 0.860. The molecule has 1 N–H and O–H groups in total. The Morgan fingerprint density at radius 2 is 2.05 bits per heavy atom. The summed E-state index contributed by atoms with van der Waals surface area (Å²) < 4.78 is 0.973. The van der Waals surface area contributed by atoms with E-state index < -0.39 is 0 Å². The van der Waals surface area contributed by atoms with E-state index in [2.05, 4.69) is 59.4 Å². The molecular weight excluding hydrogens is 322 g/mol. The Bertz CT molecular complexity index is 562. The summed E-state index contributed by atoms with van der Waals surface area (Å²) in [5, 5.41) is 4.94. The van der Waals surface area contributed by atoms with Crippen LogP contribution in [-0.2, 0) is 0 Å². The zero-order chi connectivity index (χ0) is 13.8. The fourth-order valence-corrected chi connectivity index (χ4v) is 3.03. The summed E-state index contributed by atoms with van der Waals surface area (Å²) in [6, 6.07) is 10.2. The first-order chi connectivity index (χ1) is 9.10. The van der Waals surface area contributed by atoms with Gasteiger partial charge in [0.2, 0.25) is 0 Å². The molecule has 19 heavy (non-hydrogen) atoms. The van der Waals surface area contributed by atoms with Crippen LogP contribution in [0.2, 0.25) is 0 Å². The normalized spacial score (nSPS) is 12.2. The van der Waals surface area contributed by atoms with Crippen molar-refractivity contribution in [2.75, 3.05) is 0 Å². The molecule has 0 radical (unpaired) electrons. The van der Waals surface area contributed by atoms with Crippen LogP contribution in [0, 0.1) is 6.92 Å². The minimum atomic E-state index is -0.0191. The minimum absolute atomic E-state index is 0.0191. The number of aryl methyl sites for hydroxylation is 1. The molecule has 0 spiro atoms. The molecule has 0 aliphatic heterocycles. The molecule has 1 unspecified atom stereocenters. The molecule has 1 aromatic heterocycles. The van der Waals surface area contributed by atoms with E-state index in [0.717, 1.165) is 15.8 Å². The van der Waals surface area contributed by atoms with Crippen molar-refractivity contribution in [1.29, 1.82) is 0 Å². The molecule has 4 heteroatoms. The van der Waals surface area contributed by atoms with Gasteiger partial charge in [0.25, 0.3) is 5.91 Å². The minimum Gasteiger partial charge on any atom is -0.345 e. The molecule has 0 bridgehead atoms. The highest BCUT2D eigenvalue weighted by Crippen LogP contribution is 2.22. The molecule has 0 aliphatic carbocycles. The van der Waals surface area contributed by atoms with Crippen LogP contribution < -0.4 is 5.32 Å². The number of thiophene rings is 1. The average Bonchev–Trinajstić information content (AvgIpc) is 2.84.